The smallest absolute Gasteiger partial charge is 0.406 e. The molecule has 0 fully saturated rings. The van der Waals surface area contributed by atoms with E-state index in [1.165, 1.54) is 0 Å². The van der Waals surface area contributed by atoms with Crippen LogP contribution in [-0.2, 0) is 6.42 Å². The van der Waals surface area contributed by atoms with Crippen LogP contribution in [0.1, 0.15) is 35.9 Å². The molecule has 3 aromatic rings. The molecule has 0 bridgehead atoms. The number of nitrogens with one attached hydrogen (secondary N) is 1. The van der Waals surface area contributed by atoms with Gasteiger partial charge >= 0.3 is 6.09 Å². The van der Waals surface area contributed by atoms with Gasteiger partial charge in [0.25, 0.3) is 0 Å². The second-order valence-electron chi connectivity index (χ2n) is 5.88. The molecular formula is C19H17N5O2. The van der Waals surface area contributed by atoms with Crippen LogP contribution in [0.4, 0.5) is 4.79 Å². The minimum atomic E-state index is -1.16. The lowest BCUT2D eigenvalue weighted by molar-refractivity contribution is 0.189. The summed E-state index contributed by atoms with van der Waals surface area (Å²) in [5.74, 6) is 1.22. The second-order valence-corrected chi connectivity index (χ2v) is 5.88. The fourth-order valence-electron chi connectivity index (χ4n) is 3.16. The molecule has 26 heavy (non-hydrogen) atoms. The maximum Gasteiger partial charge on any atom is 0.406 e. The summed E-state index contributed by atoms with van der Waals surface area (Å²) in [6, 6.07) is 17.6. The monoisotopic (exact) mass is 347 g/mol. The van der Waals surface area contributed by atoms with Gasteiger partial charge < -0.3 is 5.11 Å². The van der Waals surface area contributed by atoms with E-state index in [1.807, 2.05) is 66.1 Å². The first-order valence-electron chi connectivity index (χ1n) is 8.35. The molecule has 1 aliphatic rings. The van der Waals surface area contributed by atoms with Crippen LogP contribution >= 0.6 is 0 Å². The topological polar surface area (TPSA) is 92.4 Å². The van der Waals surface area contributed by atoms with Crippen LogP contribution in [0.5, 0.6) is 0 Å². The van der Waals surface area contributed by atoms with Crippen molar-refractivity contribution >= 4 is 11.8 Å². The molecule has 2 heterocycles. The van der Waals surface area contributed by atoms with Crippen molar-refractivity contribution in [2.75, 3.05) is 0 Å². The Hall–Kier alpha value is -3.48. The lowest BCUT2D eigenvalue weighted by Gasteiger charge is -2.13. The van der Waals surface area contributed by atoms with Gasteiger partial charge in [-0.1, -0.05) is 55.5 Å². The molecule has 1 aliphatic heterocycles. The normalized spacial score (nSPS) is 15.4. The highest BCUT2D eigenvalue weighted by Gasteiger charge is 2.29. The van der Waals surface area contributed by atoms with Gasteiger partial charge in [0, 0.05) is 17.5 Å². The van der Waals surface area contributed by atoms with E-state index in [0.29, 0.717) is 18.0 Å². The number of aliphatic imine (C=N–C) groups is 1. The van der Waals surface area contributed by atoms with Crippen molar-refractivity contribution < 1.29 is 9.90 Å². The Morgan fingerprint density at radius 1 is 1.12 bits per heavy atom. The summed E-state index contributed by atoms with van der Waals surface area (Å²) in [5.41, 5.74) is 3.42. The molecule has 1 aromatic heterocycles. The Balaban J connectivity index is 2.01. The maximum atomic E-state index is 11.3. The van der Waals surface area contributed by atoms with Crippen LogP contribution in [0.3, 0.4) is 0 Å². The molecule has 7 nitrogen and oxygen atoms in total. The molecular weight excluding hydrogens is 330 g/mol. The van der Waals surface area contributed by atoms with Crippen LogP contribution in [0.25, 0.3) is 5.69 Å². The molecule has 0 saturated carbocycles. The number of amides is 1. The molecule has 0 aliphatic carbocycles. The van der Waals surface area contributed by atoms with Crippen molar-refractivity contribution in [2.45, 2.75) is 19.5 Å². The number of fused-ring (bicyclic) bond motifs is 3. The Morgan fingerprint density at radius 2 is 1.85 bits per heavy atom. The first-order chi connectivity index (χ1) is 12.7. The minimum absolute atomic E-state index is 0.461. The summed E-state index contributed by atoms with van der Waals surface area (Å²) in [4.78, 5) is 16.1. The molecule has 2 N–H and O–H groups in total. The van der Waals surface area contributed by atoms with E-state index < -0.39 is 12.3 Å². The third-order valence-electron chi connectivity index (χ3n) is 4.28. The summed E-state index contributed by atoms with van der Waals surface area (Å²) >= 11 is 0. The average molecular weight is 347 g/mol. The number of carbonyl (C=O) groups is 1. The number of aromatic nitrogens is 3. The van der Waals surface area contributed by atoms with Crippen LogP contribution in [0.15, 0.2) is 59.6 Å². The van der Waals surface area contributed by atoms with E-state index >= 15 is 0 Å². The van der Waals surface area contributed by atoms with Gasteiger partial charge in [-0.25, -0.2) is 4.79 Å². The lowest BCUT2D eigenvalue weighted by atomic mass is 10.0. The zero-order valence-corrected chi connectivity index (χ0v) is 14.1. The third-order valence-corrected chi connectivity index (χ3v) is 4.28. The van der Waals surface area contributed by atoms with E-state index in [1.54, 1.807) is 0 Å². The predicted molar refractivity (Wildman–Crippen MR) is 96.7 cm³/mol. The van der Waals surface area contributed by atoms with Gasteiger partial charge in [-0.3, -0.25) is 14.9 Å². The Kier molecular flexibility index (Phi) is 3.96. The van der Waals surface area contributed by atoms with Crippen molar-refractivity contribution in [3.8, 4) is 5.69 Å². The molecule has 4 rings (SSSR count). The second kappa shape index (κ2) is 6.44. The molecule has 2 aromatic carbocycles. The lowest BCUT2D eigenvalue weighted by Crippen LogP contribution is -2.27. The Bertz CT molecular complexity index is 994. The zero-order valence-electron chi connectivity index (χ0n) is 14.1. The standard InChI is InChI=1S/C19H17N5O2/c1-2-15-22-23-18-17(21-19(25)26)20-16(12-8-4-3-5-9-12)13-10-6-7-11-14(13)24(15)18/h3-11,17,21H,2H2,1H3,(H,25,26). The van der Waals surface area contributed by atoms with E-state index in [0.717, 1.165) is 22.6 Å². The Labute approximate surface area is 150 Å². The van der Waals surface area contributed by atoms with Crippen molar-refractivity contribution in [3.63, 3.8) is 0 Å². The van der Waals surface area contributed by atoms with Gasteiger partial charge in [0.2, 0.25) is 0 Å². The van der Waals surface area contributed by atoms with Crippen LogP contribution in [0, 0.1) is 0 Å². The fraction of sp³-hybridized carbons (Fsp3) is 0.158. The average Bonchev–Trinajstić information content (AvgIpc) is 3.04. The molecule has 130 valence electrons. The summed E-state index contributed by atoms with van der Waals surface area (Å²) < 4.78 is 1.90. The summed E-state index contributed by atoms with van der Waals surface area (Å²) in [6.07, 6.45) is -1.34. The highest BCUT2D eigenvalue weighted by molar-refractivity contribution is 6.15. The van der Waals surface area contributed by atoms with Crippen molar-refractivity contribution in [1.82, 2.24) is 20.1 Å². The largest absolute Gasteiger partial charge is 0.465 e. The summed E-state index contributed by atoms with van der Waals surface area (Å²) in [5, 5.41) is 20.2. The minimum Gasteiger partial charge on any atom is -0.465 e. The number of para-hydroxylation sites is 1. The van der Waals surface area contributed by atoms with Gasteiger partial charge in [-0.2, -0.15) is 0 Å². The maximum absolute atomic E-state index is 11.3. The zero-order chi connectivity index (χ0) is 18.1. The van der Waals surface area contributed by atoms with Gasteiger partial charge in [0.15, 0.2) is 12.0 Å². The quantitative estimate of drug-likeness (QED) is 0.762. The molecule has 1 unspecified atom stereocenters. The van der Waals surface area contributed by atoms with Crippen LogP contribution < -0.4 is 5.32 Å². The van der Waals surface area contributed by atoms with E-state index in [4.69, 9.17) is 4.99 Å². The van der Waals surface area contributed by atoms with Gasteiger partial charge in [0.1, 0.15) is 5.82 Å². The molecule has 0 radical (unpaired) electrons. The third kappa shape index (κ3) is 2.63. The predicted octanol–water partition coefficient (Wildman–Crippen LogP) is 2.95. The van der Waals surface area contributed by atoms with Crippen molar-refractivity contribution in [3.05, 3.63) is 77.4 Å². The molecule has 1 atom stereocenters. The van der Waals surface area contributed by atoms with E-state index in [2.05, 4.69) is 15.5 Å². The number of hydrogen-bond acceptors (Lipinski definition) is 4. The number of carboxylic acid groups (broad SMARTS) is 1. The molecule has 0 saturated heterocycles. The molecule has 7 heteroatoms. The van der Waals surface area contributed by atoms with Gasteiger partial charge in [-0.05, 0) is 6.07 Å². The summed E-state index contributed by atoms with van der Waals surface area (Å²) in [6.45, 7) is 1.99. The van der Waals surface area contributed by atoms with E-state index in [9.17, 15) is 9.90 Å². The SMILES string of the molecule is CCc1nnc2n1-c1ccccc1C(c1ccccc1)=NC2NC(=O)O. The first kappa shape index (κ1) is 16.0. The number of nitrogens with zero attached hydrogens (tertiary/aromatic N) is 4. The summed E-state index contributed by atoms with van der Waals surface area (Å²) in [7, 11) is 0. The fourth-order valence-corrected chi connectivity index (χ4v) is 3.16. The molecule has 1 amide bonds. The van der Waals surface area contributed by atoms with Crippen molar-refractivity contribution in [1.29, 1.82) is 0 Å². The van der Waals surface area contributed by atoms with Crippen molar-refractivity contribution in [2.24, 2.45) is 4.99 Å². The number of benzene rings is 2. The van der Waals surface area contributed by atoms with Gasteiger partial charge in [0.05, 0.1) is 11.4 Å². The first-order valence-corrected chi connectivity index (χ1v) is 8.35. The number of hydrogen-bond donors (Lipinski definition) is 2. The Morgan fingerprint density at radius 3 is 2.58 bits per heavy atom. The number of aryl methyl sites for hydroxylation is 1. The van der Waals surface area contributed by atoms with Crippen LogP contribution in [-0.4, -0.2) is 31.7 Å². The van der Waals surface area contributed by atoms with Crippen LogP contribution in [0.2, 0.25) is 0 Å². The highest BCUT2D eigenvalue weighted by Crippen LogP contribution is 2.29. The van der Waals surface area contributed by atoms with Gasteiger partial charge in [-0.15, -0.1) is 10.2 Å². The highest BCUT2D eigenvalue weighted by atomic mass is 16.4. The number of rotatable bonds is 3. The van der Waals surface area contributed by atoms with E-state index in [-0.39, 0.29) is 0 Å². The molecule has 0 spiro atoms.